The number of anilines is 2. The second-order valence-corrected chi connectivity index (χ2v) is 5.86. The summed E-state index contributed by atoms with van der Waals surface area (Å²) in [6, 6.07) is 8.25. The van der Waals surface area contributed by atoms with E-state index in [0.29, 0.717) is 5.69 Å². The average molecular weight is 350 g/mol. The van der Waals surface area contributed by atoms with Gasteiger partial charge in [-0.1, -0.05) is 17.7 Å². The minimum Gasteiger partial charge on any atom is -0.381 e. The summed E-state index contributed by atoms with van der Waals surface area (Å²) in [4.78, 5) is 22.5. The molecule has 0 bridgehead atoms. The van der Waals surface area contributed by atoms with Crippen LogP contribution in [0.4, 0.5) is 21.5 Å². The number of nitrogens with zero attached hydrogens (tertiary/aromatic N) is 1. The lowest BCUT2D eigenvalue weighted by Gasteiger charge is -2.14. The summed E-state index contributed by atoms with van der Waals surface area (Å²) in [7, 11) is 0. The number of carbonyl (C=O) groups is 1. The number of nitro groups is 1. The Kier molecular flexibility index (Phi) is 4.35. The summed E-state index contributed by atoms with van der Waals surface area (Å²) in [6.45, 7) is 0. The monoisotopic (exact) mass is 349 g/mol. The summed E-state index contributed by atoms with van der Waals surface area (Å²) in [5.41, 5.74) is 0.328. The standard InChI is InChI=1S/C16H13ClFN3O3/c17-12-8-10(21(23)24)6-7-11(12)16(22)20-15-13(18)2-1-3-14(15)19-9-4-5-9/h1-3,6-9,19H,4-5H2,(H,20,22). The zero-order valence-corrected chi connectivity index (χ0v) is 13.1. The van der Waals surface area contributed by atoms with Crippen LogP contribution in [0.15, 0.2) is 36.4 Å². The Hall–Kier alpha value is -2.67. The molecule has 0 aliphatic heterocycles. The van der Waals surface area contributed by atoms with Crippen LogP contribution in [0.1, 0.15) is 23.2 Å². The number of benzene rings is 2. The van der Waals surface area contributed by atoms with E-state index in [0.717, 1.165) is 18.9 Å². The molecule has 0 aromatic heterocycles. The van der Waals surface area contributed by atoms with Gasteiger partial charge in [-0.3, -0.25) is 14.9 Å². The molecule has 24 heavy (non-hydrogen) atoms. The highest BCUT2D eigenvalue weighted by Crippen LogP contribution is 2.32. The second-order valence-electron chi connectivity index (χ2n) is 5.46. The highest BCUT2D eigenvalue weighted by molar-refractivity contribution is 6.34. The highest BCUT2D eigenvalue weighted by Gasteiger charge is 2.24. The van der Waals surface area contributed by atoms with Gasteiger partial charge >= 0.3 is 0 Å². The van der Waals surface area contributed by atoms with Crippen molar-refractivity contribution in [1.82, 2.24) is 0 Å². The largest absolute Gasteiger partial charge is 0.381 e. The second kappa shape index (κ2) is 6.45. The van der Waals surface area contributed by atoms with Gasteiger partial charge in [0.15, 0.2) is 0 Å². The minimum absolute atomic E-state index is 0.0305. The number of carbonyl (C=O) groups excluding carboxylic acids is 1. The average Bonchev–Trinajstić information content (AvgIpc) is 3.34. The lowest BCUT2D eigenvalue weighted by molar-refractivity contribution is -0.384. The van der Waals surface area contributed by atoms with E-state index in [1.807, 2.05) is 0 Å². The molecule has 2 aromatic carbocycles. The van der Waals surface area contributed by atoms with Crippen molar-refractivity contribution in [2.75, 3.05) is 10.6 Å². The molecule has 1 aliphatic carbocycles. The van der Waals surface area contributed by atoms with Crippen molar-refractivity contribution in [1.29, 1.82) is 0 Å². The van der Waals surface area contributed by atoms with Gasteiger partial charge < -0.3 is 10.6 Å². The number of non-ortho nitro benzene ring substituents is 1. The third-order valence-electron chi connectivity index (χ3n) is 3.60. The van der Waals surface area contributed by atoms with E-state index >= 15 is 0 Å². The first kappa shape index (κ1) is 16.2. The quantitative estimate of drug-likeness (QED) is 0.625. The van der Waals surface area contributed by atoms with Crippen LogP contribution < -0.4 is 10.6 Å². The molecule has 2 N–H and O–H groups in total. The van der Waals surface area contributed by atoms with Crippen LogP contribution in [0, 0.1) is 15.9 Å². The van der Waals surface area contributed by atoms with Crippen LogP contribution in [0.25, 0.3) is 0 Å². The van der Waals surface area contributed by atoms with E-state index in [4.69, 9.17) is 11.6 Å². The normalized spacial score (nSPS) is 13.4. The number of nitrogens with one attached hydrogen (secondary N) is 2. The molecule has 0 atom stereocenters. The van der Waals surface area contributed by atoms with Crippen molar-refractivity contribution < 1.29 is 14.1 Å². The van der Waals surface area contributed by atoms with E-state index in [2.05, 4.69) is 10.6 Å². The number of nitro benzene ring substituents is 1. The molecule has 0 saturated heterocycles. The van der Waals surface area contributed by atoms with E-state index < -0.39 is 16.6 Å². The lowest BCUT2D eigenvalue weighted by Crippen LogP contribution is -2.16. The first-order valence-corrected chi connectivity index (χ1v) is 7.64. The number of para-hydroxylation sites is 1. The zero-order chi connectivity index (χ0) is 17.3. The predicted octanol–water partition coefficient (Wildman–Crippen LogP) is 4.21. The molecule has 1 fully saturated rings. The maximum absolute atomic E-state index is 14.1. The third kappa shape index (κ3) is 3.46. The molecular formula is C16H13ClFN3O3. The molecule has 0 unspecified atom stereocenters. The third-order valence-corrected chi connectivity index (χ3v) is 3.91. The maximum Gasteiger partial charge on any atom is 0.270 e. The van der Waals surface area contributed by atoms with E-state index in [-0.39, 0.29) is 28.0 Å². The first-order valence-electron chi connectivity index (χ1n) is 7.26. The molecule has 6 nitrogen and oxygen atoms in total. The SMILES string of the molecule is O=C(Nc1c(F)cccc1NC1CC1)c1ccc([N+](=O)[O-])cc1Cl. The van der Waals surface area contributed by atoms with Crippen molar-refractivity contribution >= 4 is 34.6 Å². The van der Waals surface area contributed by atoms with Gasteiger partial charge in [0.2, 0.25) is 0 Å². The van der Waals surface area contributed by atoms with Crippen molar-refractivity contribution in [3.05, 3.63) is 62.9 Å². The molecule has 1 saturated carbocycles. The van der Waals surface area contributed by atoms with Gasteiger partial charge in [0, 0.05) is 18.2 Å². The van der Waals surface area contributed by atoms with E-state index in [1.165, 1.54) is 18.2 Å². The molecule has 8 heteroatoms. The number of halogens is 2. The van der Waals surface area contributed by atoms with Gasteiger partial charge in [-0.05, 0) is 31.0 Å². The minimum atomic E-state index is -0.640. The summed E-state index contributed by atoms with van der Waals surface area (Å²) < 4.78 is 14.1. The molecule has 3 rings (SSSR count). The van der Waals surface area contributed by atoms with Gasteiger partial charge in [-0.2, -0.15) is 0 Å². The van der Waals surface area contributed by atoms with Crippen LogP contribution in [0.2, 0.25) is 5.02 Å². The predicted molar refractivity (Wildman–Crippen MR) is 89.1 cm³/mol. The molecule has 2 aromatic rings. The molecular weight excluding hydrogens is 337 g/mol. The topological polar surface area (TPSA) is 84.3 Å². The zero-order valence-electron chi connectivity index (χ0n) is 12.4. The fourth-order valence-corrected chi connectivity index (χ4v) is 2.46. The molecule has 0 spiro atoms. The number of hydrogen-bond donors (Lipinski definition) is 2. The number of amides is 1. The van der Waals surface area contributed by atoms with Crippen LogP contribution >= 0.6 is 11.6 Å². The summed E-state index contributed by atoms with van der Waals surface area (Å²) in [6.07, 6.45) is 2.00. The van der Waals surface area contributed by atoms with Crippen molar-refractivity contribution in [3.63, 3.8) is 0 Å². The van der Waals surface area contributed by atoms with Gasteiger partial charge in [0.05, 0.1) is 21.2 Å². The van der Waals surface area contributed by atoms with Gasteiger partial charge in [0.25, 0.3) is 11.6 Å². The molecule has 1 aliphatic rings. The molecule has 124 valence electrons. The van der Waals surface area contributed by atoms with Crippen molar-refractivity contribution in [3.8, 4) is 0 Å². The summed E-state index contributed by atoms with van der Waals surface area (Å²) in [5, 5.41) is 16.3. The van der Waals surface area contributed by atoms with Gasteiger partial charge in [-0.25, -0.2) is 4.39 Å². The molecule has 0 radical (unpaired) electrons. The first-order chi connectivity index (χ1) is 11.5. The van der Waals surface area contributed by atoms with Crippen LogP contribution in [-0.4, -0.2) is 16.9 Å². The summed E-state index contributed by atoms with van der Waals surface area (Å²) >= 11 is 5.93. The highest BCUT2D eigenvalue weighted by atomic mass is 35.5. The van der Waals surface area contributed by atoms with Crippen LogP contribution in [-0.2, 0) is 0 Å². The fraction of sp³-hybridized carbons (Fsp3) is 0.188. The van der Waals surface area contributed by atoms with Crippen LogP contribution in [0.5, 0.6) is 0 Å². The van der Waals surface area contributed by atoms with Crippen molar-refractivity contribution in [2.45, 2.75) is 18.9 Å². The van der Waals surface area contributed by atoms with Gasteiger partial charge in [0.1, 0.15) is 11.5 Å². The van der Waals surface area contributed by atoms with Crippen LogP contribution in [0.3, 0.4) is 0 Å². The van der Waals surface area contributed by atoms with E-state index in [1.54, 1.807) is 12.1 Å². The number of hydrogen-bond acceptors (Lipinski definition) is 4. The Bertz CT molecular complexity index is 824. The summed E-state index contributed by atoms with van der Waals surface area (Å²) in [5.74, 6) is -1.22. The van der Waals surface area contributed by atoms with Gasteiger partial charge in [-0.15, -0.1) is 0 Å². The Balaban J connectivity index is 1.86. The van der Waals surface area contributed by atoms with E-state index in [9.17, 15) is 19.3 Å². The molecule has 0 heterocycles. The lowest BCUT2D eigenvalue weighted by atomic mass is 10.1. The smallest absolute Gasteiger partial charge is 0.270 e. The Labute approximate surface area is 141 Å². The maximum atomic E-state index is 14.1. The fourth-order valence-electron chi connectivity index (χ4n) is 2.20. The van der Waals surface area contributed by atoms with Crippen molar-refractivity contribution in [2.24, 2.45) is 0 Å². The Morgan fingerprint density at radius 2 is 2.04 bits per heavy atom. The number of rotatable bonds is 5. The Morgan fingerprint density at radius 1 is 1.29 bits per heavy atom. The Morgan fingerprint density at radius 3 is 2.67 bits per heavy atom. The molecule has 1 amide bonds.